The number of phenolic OH excluding ortho intramolecular Hbond substituents is 1. The molecule has 1 aromatic carbocycles. The van der Waals surface area contributed by atoms with E-state index in [0.29, 0.717) is 10.5 Å². The number of nitrogens with zero attached hydrogens (tertiary/aromatic N) is 1. The van der Waals surface area contributed by atoms with Crippen molar-refractivity contribution in [2.75, 3.05) is 0 Å². The summed E-state index contributed by atoms with van der Waals surface area (Å²) in [5, 5.41) is 10.3. The first-order chi connectivity index (χ1) is 11.0. The lowest BCUT2D eigenvalue weighted by atomic mass is 10.2. The zero-order valence-electron chi connectivity index (χ0n) is 11.6. The van der Waals surface area contributed by atoms with Crippen LogP contribution in [0, 0.1) is 0 Å². The van der Waals surface area contributed by atoms with Gasteiger partial charge in [-0.2, -0.15) is 5.01 Å². The van der Waals surface area contributed by atoms with E-state index in [4.69, 9.17) is 12.2 Å². The Morgan fingerprint density at radius 1 is 1.30 bits per heavy atom. The monoisotopic (exact) mass is 345 g/mol. The quantitative estimate of drug-likeness (QED) is 0.587. The minimum absolute atomic E-state index is 0.0565. The van der Waals surface area contributed by atoms with Gasteiger partial charge in [0.1, 0.15) is 5.75 Å². The minimum Gasteiger partial charge on any atom is -0.508 e. The second-order valence-electron chi connectivity index (χ2n) is 4.63. The van der Waals surface area contributed by atoms with Crippen LogP contribution in [0.25, 0.3) is 6.08 Å². The van der Waals surface area contributed by atoms with E-state index in [9.17, 15) is 14.7 Å². The van der Waals surface area contributed by atoms with Crippen molar-refractivity contribution >= 4 is 46.2 Å². The molecule has 1 aliphatic rings. The molecular formula is C15H11N3O3S2. The van der Waals surface area contributed by atoms with Crippen molar-refractivity contribution in [3.8, 4) is 5.75 Å². The van der Waals surface area contributed by atoms with Crippen molar-refractivity contribution in [2.24, 2.45) is 0 Å². The highest BCUT2D eigenvalue weighted by molar-refractivity contribution is 8.26. The zero-order chi connectivity index (χ0) is 16.4. The van der Waals surface area contributed by atoms with E-state index < -0.39 is 5.91 Å². The van der Waals surface area contributed by atoms with E-state index in [0.717, 1.165) is 22.5 Å². The molecule has 1 saturated heterocycles. The Bertz CT molecular complexity index is 798. The Hall–Kier alpha value is -2.58. The summed E-state index contributed by atoms with van der Waals surface area (Å²) in [4.78, 5) is 27.9. The predicted molar refractivity (Wildman–Crippen MR) is 91.4 cm³/mol. The molecule has 1 fully saturated rings. The number of hydrazine groups is 1. The van der Waals surface area contributed by atoms with Crippen molar-refractivity contribution in [2.45, 2.75) is 0 Å². The number of rotatable bonds is 3. The topological polar surface area (TPSA) is 85.4 Å². The number of amides is 2. The molecule has 6 nitrogen and oxygen atoms in total. The molecule has 0 atom stereocenters. The number of benzene rings is 1. The number of H-pyrrole nitrogens is 1. The fraction of sp³-hybridized carbons (Fsp3) is 0. The Morgan fingerprint density at radius 3 is 2.70 bits per heavy atom. The standard InChI is InChI=1S/C15H11N3O3S2/c19-11-5-3-9(4-6-11)13(20)17-18-14(21)12(23-15(18)22)8-10-2-1-7-16-10/h1-8,16,19H,(H,17,20)/b12-8-. The molecule has 2 aromatic rings. The molecule has 0 bridgehead atoms. The van der Waals surface area contributed by atoms with Crippen LogP contribution in [0.15, 0.2) is 47.5 Å². The maximum absolute atomic E-state index is 12.3. The average Bonchev–Trinajstić information content (AvgIpc) is 3.12. The second kappa shape index (κ2) is 6.27. The number of aromatic amines is 1. The first-order valence-corrected chi connectivity index (χ1v) is 7.78. The Kier molecular flexibility index (Phi) is 4.18. The van der Waals surface area contributed by atoms with E-state index in [-0.39, 0.29) is 16.0 Å². The average molecular weight is 345 g/mol. The summed E-state index contributed by atoms with van der Waals surface area (Å²) in [6, 6.07) is 9.34. The minimum atomic E-state index is -0.484. The van der Waals surface area contributed by atoms with E-state index in [2.05, 4.69) is 10.4 Å². The number of carbonyl (C=O) groups excluding carboxylic acids is 2. The molecule has 3 N–H and O–H groups in total. The van der Waals surface area contributed by atoms with Gasteiger partial charge >= 0.3 is 0 Å². The molecule has 23 heavy (non-hydrogen) atoms. The van der Waals surface area contributed by atoms with Crippen molar-refractivity contribution in [3.63, 3.8) is 0 Å². The number of hydrogen-bond acceptors (Lipinski definition) is 5. The van der Waals surface area contributed by atoms with Gasteiger partial charge in [0, 0.05) is 17.5 Å². The molecule has 116 valence electrons. The van der Waals surface area contributed by atoms with Crippen LogP contribution in [-0.4, -0.2) is 31.2 Å². The van der Waals surface area contributed by atoms with Gasteiger partial charge in [-0.25, -0.2) is 0 Å². The molecule has 1 aromatic heterocycles. The predicted octanol–water partition coefficient (Wildman–Crippen LogP) is 2.27. The summed E-state index contributed by atoms with van der Waals surface area (Å²) < 4.78 is 0.250. The molecule has 0 radical (unpaired) electrons. The van der Waals surface area contributed by atoms with Gasteiger partial charge in [0.2, 0.25) is 0 Å². The van der Waals surface area contributed by atoms with Crippen LogP contribution in [0.5, 0.6) is 5.75 Å². The molecule has 1 aliphatic heterocycles. The van der Waals surface area contributed by atoms with Gasteiger partial charge in [-0.05, 0) is 54.7 Å². The molecule has 3 rings (SSSR count). The number of thioether (sulfide) groups is 1. The van der Waals surface area contributed by atoms with Gasteiger partial charge in [0.15, 0.2) is 4.32 Å². The van der Waals surface area contributed by atoms with Gasteiger partial charge in [-0.1, -0.05) is 11.8 Å². The summed E-state index contributed by atoms with van der Waals surface area (Å²) in [5.74, 6) is -0.815. The van der Waals surface area contributed by atoms with Crippen LogP contribution >= 0.6 is 24.0 Å². The van der Waals surface area contributed by atoms with Gasteiger partial charge in [-0.15, -0.1) is 0 Å². The first-order valence-electron chi connectivity index (χ1n) is 6.56. The number of aromatic hydroxyl groups is 1. The molecular weight excluding hydrogens is 334 g/mol. The third kappa shape index (κ3) is 3.27. The summed E-state index contributed by atoms with van der Waals surface area (Å²) in [6.07, 6.45) is 3.42. The second-order valence-corrected chi connectivity index (χ2v) is 6.31. The largest absolute Gasteiger partial charge is 0.508 e. The van der Waals surface area contributed by atoms with Crippen molar-refractivity contribution < 1.29 is 14.7 Å². The third-order valence-corrected chi connectivity index (χ3v) is 4.35. The lowest BCUT2D eigenvalue weighted by Gasteiger charge is -2.15. The van der Waals surface area contributed by atoms with E-state index in [1.54, 1.807) is 12.3 Å². The highest BCUT2D eigenvalue weighted by atomic mass is 32.2. The number of nitrogens with one attached hydrogen (secondary N) is 2. The van der Waals surface area contributed by atoms with Crippen LogP contribution in [0.4, 0.5) is 0 Å². The van der Waals surface area contributed by atoms with E-state index >= 15 is 0 Å². The summed E-state index contributed by atoms with van der Waals surface area (Å²) in [7, 11) is 0. The summed E-state index contributed by atoms with van der Waals surface area (Å²) >= 11 is 6.26. The van der Waals surface area contributed by atoms with Crippen LogP contribution in [-0.2, 0) is 4.79 Å². The van der Waals surface area contributed by atoms with Gasteiger partial charge in [-0.3, -0.25) is 15.0 Å². The number of thiocarbonyl (C=S) groups is 1. The van der Waals surface area contributed by atoms with Gasteiger partial charge in [0.05, 0.1) is 4.91 Å². The van der Waals surface area contributed by atoms with Gasteiger partial charge in [0.25, 0.3) is 11.8 Å². The van der Waals surface area contributed by atoms with E-state index in [1.807, 2.05) is 12.1 Å². The molecule has 0 unspecified atom stereocenters. The smallest absolute Gasteiger partial charge is 0.285 e. The number of aromatic nitrogens is 1. The Morgan fingerprint density at radius 2 is 2.04 bits per heavy atom. The lowest BCUT2D eigenvalue weighted by Crippen LogP contribution is -2.44. The van der Waals surface area contributed by atoms with Crippen LogP contribution < -0.4 is 5.43 Å². The normalized spacial score (nSPS) is 16.2. The van der Waals surface area contributed by atoms with Crippen LogP contribution in [0.2, 0.25) is 0 Å². The van der Waals surface area contributed by atoms with Crippen molar-refractivity contribution in [1.29, 1.82) is 0 Å². The maximum Gasteiger partial charge on any atom is 0.285 e. The Labute approximate surface area is 141 Å². The zero-order valence-corrected chi connectivity index (χ0v) is 13.3. The summed E-state index contributed by atoms with van der Waals surface area (Å²) in [5.41, 5.74) is 3.56. The van der Waals surface area contributed by atoms with Crippen LogP contribution in [0.3, 0.4) is 0 Å². The third-order valence-electron chi connectivity index (χ3n) is 3.05. The fourth-order valence-corrected chi connectivity index (χ4v) is 3.09. The molecule has 0 spiro atoms. The van der Waals surface area contributed by atoms with Crippen molar-refractivity contribution in [3.05, 3.63) is 58.8 Å². The van der Waals surface area contributed by atoms with Gasteiger partial charge < -0.3 is 10.1 Å². The van der Waals surface area contributed by atoms with Crippen molar-refractivity contribution in [1.82, 2.24) is 15.4 Å². The number of phenols is 1. The molecule has 2 heterocycles. The SMILES string of the molecule is O=C(NN1C(=O)/C(=C/c2ccc[nH]2)SC1=S)c1ccc(O)cc1. The highest BCUT2D eigenvalue weighted by Gasteiger charge is 2.33. The number of carbonyl (C=O) groups is 2. The molecule has 2 amide bonds. The van der Waals surface area contributed by atoms with E-state index in [1.165, 1.54) is 24.3 Å². The maximum atomic E-state index is 12.3. The molecule has 0 aliphatic carbocycles. The van der Waals surface area contributed by atoms with Crippen LogP contribution in [0.1, 0.15) is 16.1 Å². The lowest BCUT2D eigenvalue weighted by molar-refractivity contribution is -0.123. The molecule has 0 saturated carbocycles. The molecule has 8 heteroatoms. The summed E-state index contributed by atoms with van der Waals surface area (Å²) in [6.45, 7) is 0. The fourth-order valence-electron chi connectivity index (χ4n) is 1.92. The first kappa shape index (κ1) is 15.3. The number of hydrogen-bond donors (Lipinski definition) is 3. The Balaban J connectivity index is 1.75. The highest BCUT2D eigenvalue weighted by Crippen LogP contribution is 2.31.